The summed E-state index contributed by atoms with van der Waals surface area (Å²) >= 11 is 7.81. The molecule has 148 valence electrons. The number of ether oxygens (including phenoxy) is 1. The second-order valence-electron chi connectivity index (χ2n) is 6.51. The van der Waals surface area contributed by atoms with Gasteiger partial charge in [-0.2, -0.15) is 0 Å². The normalized spacial score (nSPS) is 11.0. The molecule has 0 amide bonds. The number of nitrogens with zero attached hydrogens (tertiary/aromatic N) is 2. The van der Waals surface area contributed by atoms with E-state index in [1.807, 2.05) is 25.1 Å². The molecule has 28 heavy (non-hydrogen) atoms. The maximum atomic E-state index is 10.7. The molecule has 0 fully saturated rings. The fraction of sp³-hybridized carbons (Fsp3) is 0.350. The molecular weight excluding hydrogens is 398 g/mol. The van der Waals surface area contributed by atoms with Gasteiger partial charge in [-0.15, -0.1) is 11.3 Å². The first kappa shape index (κ1) is 20.4. The Labute approximate surface area is 172 Å². The van der Waals surface area contributed by atoms with Crippen molar-refractivity contribution in [3.63, 3.8) is 0 Å². The van der Waals surface area contributed by atoms with E-state index in [1.54, 1.807) is 18.4 Å². The van der Waals surface area contributed by atoms with Crippen LogP contribution >= 0.6 is 22.9 Å². The van der Waals surface area contributed by atoms with Crippen LogP contribution in [0.25, 0.3) is 10.2 Å². The van der Waals surface area contributed by atoms with E-state index in [4.69, 9.17) is 26.4 Å². The highest BCUT2D eigenvalue weighted by molar-refractivity contribution is 7.17. The average Bonchev–Trinajstić information content (AvgIpc) is 3.04. The van der Waals surface area contributed by atoms with Gasteiger partial charge in [-0.25, -0.2) is 9.97 Å². The van der Waals surface area contributed by atoms with E-state index in [0.29, 0.717) is 30.2 Å². The molecular formula is C20H22ClN3O3S. The van der Waals surface area contributed by atoms with Crippen LogP contribution in [0, 0.1) is 6.92 Å². The number of aryl methyl sites for hydroxylation is 2. The number of fused-ring (bicyclic) bond motifs is 1. The molecule has 0 aliphatic rings. The van der Waals surface area contributed by atoms with Crippen LogP contribution in [0.1, 0.15) is 36.2 Å². The van der Waals surface area contributed by atoms with Crippen molar-refractivity contribution in [2.75, 3.05) is 12.4 Å². The second-order valence-corrected chi connectivity index (χ2v) is 7.78. The zero-order chi connectivity index (χ0) is 20.1. The Morgan fingerprint density at radius 1 is 1.32 bits per heavy atom. The van der Waals surface area contributed by atoms with Crippen molar-refractivity contribution in [1.29, 1.82) is 0 Å². The predicted molar refractivity (Wildman–Crippen MR) is 113 cm³/mol. The van der Waals surface area contributed by atoms with Gasteiger partial charge in [-0.05, 0) is 48.4 Å². The Balaban J connectivity index is 1.77. The smallest absolute Gasteiger partial charge is 0.303 e. The van der Waals surface area contributed by atoms with E-state index in [1.165, 1.54) is 0 Å². The maximum absolute atomic E-state index is 10.7. The van der Waals surface area contributed by atoms with Crippen LogP contribution in [0.4, 0.5) is 5.82 Å². The third-order valence-electron chi connectivity index (χ3n) is 4.38. The average molecular weight is 420 g/mol. The standard InChI is InChI=1S/C20H22ClN3O3S/c1-12-11-28-20-18(12)19(23-16(24-20)5-3-4-6-17(25)26)22-10-13-7-8-15(27-2)14(21)9-13/h7-9,11H,3-6,10H2,1-2H3,(H,25,26)(H,22,23,24). The number of unbranched alkanes of at least 4 members (excludes halogenated alkanes) is 1. The Hall–Kier alpha value is -2.38. The predicted octanol–water partition coefficient (Wildman–Crippen LogP) is 5.07. The van der Waals surface area contributed by atoms with Crippen LogP contribution < -0.4 is 10.1 Å². The summed E-state index contributed by atoms with van der Waals surface area (Å²) in [5, 5.41) is 15.8. The molecule has 6 nitrogen and oxygen atoms in total. The lowest BCUT2D eigenvalue weighted by Crippen LogP contribution is -2.06. The molecule has 8 heteroatoms. The molecule has 1 aromatic carbocycles. The summed E-state index contributed by atoms with van der Waals surface area (Å²) in [6, 6.07) is 5.68. The van der Waals surface area contributed by atoms with E-state index in [0.717, 1.165) is 39.4 Å². The molecule has 3 rings (SSSR count). The minimum Gasteiger partial charge on any atom is -0.495 e. The highest BCUT2D eigenvalue weighted by atomic mass is 35.5. The summed E-state index contributed by atoms with van der Waals surface area (Å²) < 4.78 is 5.19. The summed E-state index contributed by atoms with van der Waals surface area (Å²) in [5.41, 5.74) is 2.15. The third kappa shape index (κ3) is 4.91. The van der Waals surface area contributed by atoms with E-state index in [2.05, 4.69) is 15.7 Å². The molecule has 0 saturated carbocycles. The number of rotatable bonds is 9. The third-order valence-corrected chi connectivity index (χ3v) is 5.67. The van der Waals surface area contributed by atoms with Crippen molar-refractivity contribution >= 4 is 44.9 Å². The first-order valence-electron chi connectivity index (χ1n) is 9.00. The second kappa shape index (κ2) is 9.21. The number of carboxylic acid groups (broad SMARTS) is 1. The van der Waals surface area contributed by atoms with E-state index in [9.17, 15) is 4.79 Å². The van der Waals surface area contributed by atoms with E-state index >= 15 is 0 Å². The van der Waals surface area contributed by atoms with E-state index < -0.39 is 5.97 Å². The highest BCUT2D eigenvalue weighted by Crippen LogP contribution is 2.31. The lowest BCUT2D eigenvalue weighted by Gasteiger charge is -2.11. The number of methoxy groups -OCH3 is 1. The lowest BCUT2D eigenvalue weighted by atomic mass is 10.1. The Morgan fingerprint density at radius 2 is 2.14 bits per heavy atom. The summed E-state index contributed by atoms with van der Waals surface area (Å²) in [6.45, 7) is 2.62. The Morgan fingerprint density at radius 3 is 2.86 bits per heavy atom. The van der Waals surface area contributed by atoms with Crippen molar-refractivity contribution in [3.05, 3.63) is 45.6 Å². The van der Waals surface area contributed by atoms with Gasteiger partial charge in [0.1, 0.15) is 22.2 Å². The van der Waals surface area contributed by atoms with Crippen LogP contribution in [-0.4, -0.2) is 28.2 Å². The molecule has 2 N–H and O–H groups in total. The summed E-state index contributed by atoms with van der Waals surface area (Å²) in [6.07, 6.45) is 2.19. The molecule has 0 aliphatic carbocycles. The van der Waals surface area contributed by atoms with Crippen LogP contribution in [-0.2, 0) is 17.8 Å². The molecule has 0 bridgehead atoms. The van der Waals surface area contributed by atoms with Gasteiger partial charge in [0.05, 0.1) is 17.5 Å². The number of anilines is 1. The first-order chi connectivity index (χ1) is 13.5. The zero-order valence-electron chi connectivity index (χ0n) is 15.8. The van der Waals surface area contributed by atoms with E-state index in [-0.39, 0.29) is 6.42 Å². The minimum absolute atomic E-state index is 0.170. The number of aliphatic carboxylic acids is 1. The molecule has 0 radical (unpaired) electrons. The van der Waals surface area contributed by atoms with Gasteiger partial charge >= 0.3 is 5.97 Å². The quantitative estimate of drug-likeness (QED) is 0.471. The number of aromatic nitrogens is 2. The summed E-state index contributed by atoms with van der Waals surface area (Å²) in [7, 11) is 1.59. The molecule has 3 aromatic rings. The minimum atomic E-state index is -0.772. The van der Waals surface area contributed by atoms with Crippen molar-refractivity contribution in [3.8, 4) is 5.75 Å². The van der Waals surface area contributed by atoms with Crippen molar-refractivity contribution in [1.82, 2.24) is 9.97 Å². The number of nitrogens with one attached hydrogen (secondary N) is 1. The zero-order valence-corrected chi connectivity index (χ0v) is 17.4. The van der Waals surface area contributed by atoms with Gasteiger partial charge in [0.25, 0.3) is 0 Å². The highest BCUT2D eigenvalue weighted by Gasteiger charge is 2.12. The summed E-state index contributed by atoms with van der Waals surface area (Å²) in [5.74, 6) is 1.40. The molecule has 0 saturated heterocycles. The number of benzene rings is 1. The van der Waals surface area contributed by atoms with Crippen molar-refractivity contribution in [2.45, 2.75) is 39.2 Å². The number of carboxylic acids is 1. The summed E-state index contributed by atoms with van der Waals surface area (Å²) in [4.78, 5) is 21.0. The molecule has 0 atom stereocenters. The lowest BCUT2D eigenvalue weighted by molar-refractivity contribution is -0.137. The van der Waals surface area contributed by atoms with Crippen LogP contribution in [0.5, 0.6) is 5.75 Å². The molecule has 2 aromatic heterocycles. The Kier molecular flexibility index (Phi) is 6.70. The molecule has 0 spiro atoms. The van der Waals surface area contributed by atoms with Gasteiger partial charge in [0.2, 0.25) is 0 Å². The van der Waals surface area contributed by atoms with Crippen molar-refractivity contribution in [2.24, 2.45) is 0 Å². The van der Waals surface area contributed by atoms with Gasteiger partial charge in [-0.3, -0.25) is 4.79 Å². The monoisotopic (exact) mass is 419 g/mol. The SMILES string of the molecule is COc1ccc(CNc2nc(CCCCC(=O)O)nc3scc(C)c23)cc1Cl. The number of hydrogen-bond acceptors (Lipinski definition) is 6. The first-order valence-corrected chi connectivity index (χ1v) is 10.3. The van der Waals surface area contributed by atoms with Gasteiger partial charge in [0, 0.05) is 19.4 Å². The van der Waals surface area contributed by atoms with Crippen molar-refractivity contribution < 1.29 is 14.6 Å². The number of hydrogen-bond donors (Lipinski definition) is 2. The largest absolute Gasteiger partial charge is 0.495 e. The number of halogens is 1. The van der Waals surface area contributed by atoms with Crippen LogP contribution in [0.15, 0.2) is 23.6 Å². The number of carbonyl (C=O) groups is 1. The van der Waals surface area contributed by atoms with Gasteiger partial charge in [-0.1, -0.05) is 17.7 Å². The molecule has 0 aliphatic heterocycles. The van der Waals surface area contributed by atoms with Gasteiger partial charge in [0.15, 0.2) is 0 Å². The molecule has 2 heterocycles. The van der Waals surface area contributed by atoms with Crippen LogP contribution in [0.2, 0.25) is 5.02 Å². The topological polar surface area (TPSA) is 84.3 Å². The van der Waals surface area contributed by atoms with Crippen LogP contribution in [0.3, 0.4) is 0 Å². The van der Waals surface area contributed by atoms with Gasteiger partial charge < -0.3 is 15.2 Å². The maximum Gasteiger partial charge on any atom is 0.303 e. The fourth-order valence-electron chi connectivity index (χ4n) is 2.93. The number of thiophene rings is 1. The Bertz CT molecular complexity index is 990. The fourth-order valence-corrected chi connectivity index (χ4v) is 4.15. The molecule has 0 unspecified atom stereocenters.